The van der Waals surface area contributed by atoms with Crippen LogP contribution in [0.5, 0.6) is 0 Å². The van der Waals surface area contributed by atoms with Crippen LogP contribution in [0.15, 0.2) is 18.3 Å². The largest absolute Gasteiger partial charge is 0.400 e. The first kappa shape index (κ1) is 17.2. The second-order valence-corrected chi connectivity index (χ2v) is 3.95. The minimum absolute atomic E-state index is 0.278. The van der Waals surface area contributed by atoms with Gasteiger partial charge in [0.25, 0.3) is 5.91 Å². The van der Waals surface area contributed by atoms with Crippen molar-refractivity contribution < 1.29 is 14.7 Å². The molecular weight excluding hydrogens is 244 g/mol. The highest BCUT2D eigenvalue weighted by Gasteiger charge is 2.44. The predicted octanol–water partition coefficient (Wildman–Crippen LogP) is 1.49. The van der Waals surface area contributed by atoms with E-state index in [1.165, 1.54) is 0 Å². The Morgan fingerprint density at radius 2 is 1.95 bits per heavy atom. The molecule has 5 heteroatoms. The standard InChI is InChI=1S/C11H12N2O2.C2H6.CH4O/c1-8-2-3-9(12-6-8)10(15)13-11(7-14)4-5-11;2*1-2/h2-3,6-7H,4-5H2,1H3,(H,13,15);1-2H3;2H,1H3. The lowest BCUT2D eigenvalue weighted by Gasteiger charge is -2.09. The lowest BCUT2D eigenvalue weighted by atomic mass is 10.2. The van der Waals surface area contributed by atoms with Crippen LogP contribution in [0.4, 0.5) is 0 Å². The number of nitrogens with zero attached hydrogens (tertiary/aromatic N) is 1. The summed E-state index contributed by atoms with van der Waals surface area (Å²) in [5.74, 6) is -0.278. The van der Waals surface area contributed by atoms with E-state index in [4.69, 9.17) is 5.11 Å². The maximum atomic E-state index is 11.6. The molecule has 0 bridgehead atoms. The van der Waals surface area contributed by atoms with E-state index in [0.717, 1.165) is 31.8 Å². The second-order valence-electron chi connectivity index (χ2n) is 3.95. The number of aliphatic hydroxyl groups excluding tert-OH is 1. The maximum Gasteiger partial charge on any atom is 0.270 e. The fourth-order valence-electron chi connectivity index (χ4n) is 1.30. The van der Waals surface area contributed by atoms with Gasteiger partial charge in [0.1, 0.15) is 12.0 Å². The van der Waals surface area contributed by atoms with Crippen molar-refractivity contribution in [3.8, 4) is 0 Å². The molecule has 0 radical (unpaired) electrons. The summed E-state index contributed by atoms with van der Waals surface area (Å²) in [6.45, 7) is 5.91. The van der Waals surface area contributed by atoms with Crippen LogP contribution in [-0.4, -0.2) is 34.9 Å². The first-order valence-corrected chi connectivity index (χ1v) is 6.31. The molecule has 1 amide bonds. The number of nitrogens with one attached hydrogen (secondary N) is 1. The normalized spacial score (nSPS) is 13.9. The number of aldehydes is 1. The molecule has 106 valence electrons. The Balaban J connectivity index is 0.000000741. The van der Waals surface area contributed by atoms with Gasteiger partial charge in [0, 0.05) is 13.3 Å². The lowest BCUT2D eigenvalue weighted by molar-refractivity contribution is -0.110. The molecule has 1 aliphatic rings. The molecule has 1 aromatic rings. The van der Waals surface area contributed by atoms with Gasteiger partial charge < -0.3 is 15.2 Å². The van der Waals surface area contributed by atoms with Gasteiger partial charge in [-0.25, -0.2) is 0 Å². The molecule has 0 unspecified atom stereocenters. The van der Waals surface area contributed by atoms with Crippen LogP contribution in [-0.2, 0) is 4.79 Å². The van der Waals surface area contributed by atoms with Crippen LogP contribution in [0.1, 0.15) is 42.7 Å². The summed E-state index contributed by atoms with van der Waals surface area (Å²) >= 11 is 0. The van der Waals surface area contributed by atoms with Crippen LogP contribution in [0.3, 0.4) is 0 Å². The van der Waals surface area contributed by atoms with Crippen LogP contribution < -0.4 is 5.32 Å². The number of amides is 1. The third kappa shape index (κ3) is 5.18. The van der Waals surface area contributed by atoms with Crippen LogP contribution in [0.2, 0.25) is 0 Å². The molecule has 1 saturated carbocycles. The van der Waals surface area contributed by atoms with Gasteiger partial charge in [-0.3, -0.25) is 9.78 Å². The van der Waals surface area contributed by atoms with Crippen molar-refractivity contribution in [2.45, 2.75) is 39.2 Å². The minimum Gasteiger partial charge on any atom is -0.400 e. The van der Waals surface area contributed by atoms with Crippen molar-refractivity contribution in [2.24, 2.45) is 0 Å². The number of hydrogen-bond donors (Lipinski definition) is 2. The number of hydrogen-bond acceptors (Lipinski definition) is 4. The SMILES string of the molecule is CC.CO.Cc1ccc(C(=O)NC2(C=O)CC2)nc1. The molecular formula is C14H22N2O3. The molecule has 2 N–H and O–H groups in total. The summed E-state index contributed by atoms with van der Waals surface area (Å²) < 4.78 is 0. The molecule has 0 saturated heterocycles. The number of aromatic nitrogens is 1. The van der Waals surface area contributed by atoms with Gasteiger partial charge in [-0.2, -0.15) is 0 Å². The zero-order valence-corrected chi connectivity index (χ0v) is 11.9. The Labute approximate surface area is 114 Å². The van der Waals surface area contributed by atoms with E-state index in [9.17, 15) is 9.59 Å². The monoisotopic (exact) mass is 266 g/mol. The van der Waals surface area contributed by atoms with Crippen LogP contribution >= 0.6 is 0 Å². The Kier molecular flexibility index (Phi) is 7.60. The Hall–Kier alpha value is -1.75. The van der Waals surface area contributed by atoms with Gasteiger partial charge in [0.15, 0.2) is 0 Å². The molecule has 0 spiro atoms. The van der Waals surface area contributed by atoms with Gasteiger partial charge in [-0.15, -0.1) is 0 Å². The quantitative estimate of drug-likeness (QED) is 0.812. The third-order valence-electron chi connectivity index (χ3n) is 2.52. The Bertz CT molecular complexity index is 398. The maximum absolute atomic E-state index is 11.6. The fraction of sp³-hybridized carbons (Fsp3) is 0.500. The summed E-state index contributed by atoms with van der Waals surface area (Å²) in [7, 11) is 1.00. The van der Waals surface area contributed by atoms with Gasteiger partial charge >= 0.3 is 0 Å². The third-order valence-corrected chi connectivity index (χ3v) is 2.52. The van der Waals surface area contributed by atoms with E-state index in [1.807, 2.05) is 26.8 Å². The van der Waals surface area contributed by atoms with E-state index in [1.54, 1.807) is 12.3 Å². The van der Waals surface area contributed by atoms with E-state index in [-0.39, 0.29) is 5.91 Å². The van der Waals surface area contributed by atoms with Gasteiger partial charge in [-0.1, -0.05) is 19.9 Å². The molecule has 2 rings (SSSR count). The average Bonchev–Trinajstić information content (AvgIpc) is 3.24. The molecule has 0 aliphatic heterocycles. The number of aryl methyl sites for hydroxylation is 1. The molecule has 1 heterocycles. The highest BCUT2D eigenvalue weighted by Crippen LogP contribution is 2.32. The number of carbonyl (C=O) groups is 2. The molecule has 1 aromatic heterocycles. The van der Waals surface area contributed by atoms with Crippen molar-refractivity contribution in [3.05, 3.63) is 29.6 Å². The summed E-state index contributed by atoms with van der Waals surface area (Å²) in [4.78, 5) is 26.3. The van der Waals surface area contributed by atoms with Gasteiger partial charge in [0.05, 0.1) is 5.54 Å². The van der Waals surface area contributed by atoms with Gasteiger partial charge in [0.2, 0.25) is 0 Å². The molecule has 1 fully saturated rings. The number of rotatable bonds is 3. The van der Waals surface area contributed by atoms with Crippen molar-refractivity contribution in [2.75, 3.05) is 7.11 Å². The zero-order chi connectivity index (χ0) is 14.9. The van der Waals surface area contributed by atoms with Crippen molar-refractivity contribution in [3.63, 3.8) is 0 Å². The molecule has 0 aromatic carbocycles. The fourth-order valence-corrected chi connectivity index (χ4v) is 1.30. The predicted molar refractivity (Wildman–Crippen MR) is 74.0 cm³/mol. The average molecular weight is 266 g/mol. The topological polar surface area (TPSA) is 79.3 Å². The number of aliphatic hydroxyl groups is 1. The highest BCUT2D eigenvalue weighted by atomic mass is 16.2. The van der Waals surface area contributed by atoms with Crippen molar-refractivity contribution >= 4 is 12.2 Å². The van der Waals surface area contributed by atoms with Crippen molar-refractivity contribution in [1.82, 2.24) is 10.3 Å². The molecule has 0 atom stereocenters. The van der Waals surface area contributed by atoms with E-state index >= 15 is 0 Å². The Morgan fingerprint density at radius 1 is 1.37 bits per heavy atom. The minimum atomic E-state index is -0.607. The van der Waals surface area contributed by atoms with Crippen LogP contribution in [0.25, 0.3) is 0 Å². The smallest absolute Gasteiger partial charge is 0.270 e. The first-order valence-electron chi connectivity index (χ1n) is 6.31. The van der Waals surface area contributed by atoms with E-state index in [2.05, 4.69) is 10.3 Å². The summed E-state index contributed by atoms with van der Waals surface area (Å²) in [6, 6.07) is 3.48. The summed E-state index contributed by atoms with van der Waals surface area (Å²) in [5, 5.41) is 9.68. The van der Waals surface area contributed by atoms with Gasteiger partial charge in [-0.05, 0) is 31.4 Å². The van der Waals surface area contributed by atoms with Crippen LogP contribution in [0, 0.1) is 6.92 Å². The summed E-state index contributed by atoms with van der Waals surface area (Å²) in [6.07, 6.45) is 3.90. The number of pyridine rings is 1. The molecule has 5 nitrogen and oxygen atoms in total. The summed E-state index contributed by atoms with van der Waals surface area (Å²) in [5.41, 5.74) is 0.751. The first-order chi connectivity index (χ1) is 9.15. The lowest BCUT2D eigenvalue weighted by Crippen LogP contribution is -2.38. The second kappa shape index (κ2) is 8.37. The van der Waals surface area contributed by atoms with E-state index in [0.29, 0.717) is 5.69 Å². The molecule has 19 heavy (non-hydrogen) atoms. The zero-order valence-electron chi connectivity index (χ0n) is 11.9. The van der Waals surface area contributed by atoms with Crippen molar-refractivity contribution in [1.29, 1.82) is 0 Å². The highest BCUT2D eigenvalue weighted by molar-refractivity contribution is 5.95. The number of carbonyl (C=O) groups excluding carboxylic acids is 2. The van der Waals surface area contributed by atoms with E-state index < -0.39 is 5.54 Å². The molecule has 1 aliphatic carbocycles. The Morgan fingerprint density at radius 3 is 2.32 bits per heavy atom.